The number of benzene rings is 2. The number of rotatable bonds is 12. The summed E-state index contributed by atoms with van der Waals surface area (Å²) >= 11 is 0. The van der Waals surface area contributed by atoms with E-state index in [1.54, 1.807) is 0 Å². The first-order valence-corrected chi connectivity index (χ1v) is 10.8. The Morgan fingerprint density at radius 3 is 2.28 bits per heavy atom. The molecule has 0 aromatic heterocycles. The molecule has 2 aromatic rings. The fourth-order valence-corrected chi connectivity index (χ4v) is 3.70. The van der Waals surface area contributed by atoms with Crippen LogP contribution in [0.1, 0.15) is 75.0 Å². The highest BCUT2D eigenvalue weighted by Crippen LogP contribution is 2.25. The van der Waals surface area contributed by atoms with Crippen molar-refractivity contribution in [3.8, 4) is 0 Å². The summed E-state index contributed by atoms with van der Waals surface area (Å²) in [5.74, 6) is 0.738. The molecule has 0 spiro atoms. The predicted molar refractivity (Wildman–Crippen MR) is 121 cm³/mol. The number of amidine groups is 1. The number of unbranched alkanes of at least 4 members (excludes halogenated alkanes) is 1. The molecule has 0 saturated carbocycles. The number of nitrogens with one attached hydrogen (secondary N) is 2. The third-order valence-electron chi connectivity index (χ3n) is 5.57. The van der Waals surface area contributed by atoms with E-state index in [1.807, 2.05) is 30.3 Å². The molecule has 0 aliphatic heterocycles. The van der Waals surface area contributed by atoms with E-state index < -0.39 is 0 Å². The van der Waals surface area contributed by atoms with Gasteiger partial charge in [-0.05, 0) is 55.6 Å². The molecular weight excluding hydrogens is 358 g/mol. The maximum Gasteiger partial charge on any atom is 0.220 e. The topological polar surface area (TPSA) is 79.0 Å². The fraction of sp³-hybridized carbons (Fsp3) is 0.440. The van der Waals surface area contributed by atoms with Crippen molar-refractivity contribution in [3.05, 3.63) is 71.3 Å². The molecule has 29 heavy (non-hydrogen) atoms. The van der Waals surface area contributed by atoms with E-state index in [4.69, 9.17) is 11.1 Å². The van der Waals surface area contributed by atoms with E-state index in [2.05, 4.69) is 43.4 Å². The molecular formula is C25H35N3O. The first kappa shape index (κ1) is 22.7. The summed E-state index contributed by atoms with van der Waals surface area (Å²) in [4.78, 5) is 12.4. The van der Waals surface area contributed by atoms with Crippen LogP contribution in [-0.2, 0) is 11.2 Å². The van der Waals surface area contributed by atoms with Gasteiger partial charge >= 0.3 is 0 Å². The third-order valence-corrected chi connectivity index (χ3v) is 5.57. The standard InChI is InChI=1S/C25H35N3O/c1-3-20(21-11-6-5-7-12-21)18-23(4-2)28-24(29)13-9-8-10-19-14-16-22(17-15-19)25(26)27/h5-7,11-12,14-17,20,23H,3-4,8-10,13,18H2,1-2H3,(H3,26,27)(H,28,29). The molecule has 156 valence electrons. The van der Waals surface area contributed by atoms with Crippen LogP contribution in [0.3, 0.4) is 0 Å². The highest BCUT2D eigenvalue weighted by molar-refractivity contribution is 5.94. The van der Waals surface area contributed by atoms with Crippen LogP contribution in [0.25, 0.3) is 0 Å². The van der Waals surface area contributed by atoms with Crippen molar-refractivity contribution in [1.29, 1.82) is 5.41 Å². The van der Waals surface area contributed by atoms with Gasteiger partial charge in [0, 0.05) is 18.0 Å². The molecule has 0 bridgehead atoms. The molecule has 4 heteroatoms. The average molecular weight is 394 g/mol. The highest BCUT2D eigenvalue weighted by atomic mass is 16.1. The molecule has 0 fully saturated rings. The van der Waals surface area contributed by atoms with Crippen molar-refractivity contribution in [3.63, 3.8) is 0 Å². The van der Waals surface area contributed by atoms with Gasteiger partial charge in [0.05, 0.1) is 0 Å². The van der Waals surface area contributed by atoms with Crippen molar-refractivity contribution >= 4 is 11.7 Å². The number of carbonyl (C=O) groups is 1. The lowest BCUT2D eigenvalue weighted by molar-refractivity contribution is -0.122. The second kappa shape index (κ2) is 12.1. The maximum absolute atomic E-state index is 12.4. The Balaban J connectivity index is 1.73. The molecule has 1 amide bonds. The summed E-state index contributed by atoms with van der Waals surface area (Å²) in [7, 11) is 0. The van der Waals surface area contributed by atoms with Gasteiger partial charge in [-0.3, -0.25) is 10.2 Å². The van der Waals surface area contributed by atoms with Gasteiger partial charge in [0.25, 0.3) is 0 Å². The van der Waals surface area contributed by atoms with E-state index >= 15 is 0 Å². The van der Waals surface area contributed by atoms with Gasteiger partial charge in [-0.1, -0.05) is 68.4 Å². The van der Waals surface area contributed by atoms with Crippen LogP contribution < -0.4 is 11.1 Å². The molecule has 4 nitrogen and oxygen atoms in total. The van der Waals surface area contributed by atoms with Crippen LogP contribution in [0.2, 0.25) is 0 Å². The smallest absolute Gasteiger partial charge is 0.220 e. The van der Waals surface area contributed by atoms with Crippen LogP contribution in [0.4, 0.5) is 0 Å². The lowest BCUT2D eigenvalue weighted by atomic mass is 9.89. The number of amides is 1. The first-order valence-electron chi connectivity index (χ1n) is 10.8. The van der Waals surface area contributed by atoms with Crippen molar-refractivity contribution in [2.24, 2.45) is 5.73 Å². The average Bonchev–Trinajstić information content (AvgIpc) is 2.75. The predicted octanol–water partition coefficient (Wildman–Crippen LogP) is 5.16. The zero-order chi connectivity index (χ0) is 21.1. The fourth-order valence-electron chi connectivity index (χ4n) is 3.70. The van der Waals surface area contributed by atoms with Crippen LogP contribution >= 0.6 is 0 Å². The van der Waals surface area contributed by atoms with E-state index in [1.165, 1.54) is 11.1 Å². The number of hydrogen-bond donors (Lipinski definition) is 3. The van der Waals surface area contributed by atoms with Crippen LogP contribution in [0.5, 0.6) is 0 Å². The Morgan fingerprint density at radius 2 is 1.69 bits per heavy atom. The van der Waals surface area contributed by atoms with Crippen LogP contribution in [0.15, 0.2) is 54.6 Å². The quantitative estimate of drug-likeness (QED) is 0.264. The van der Waals surface area contributed by atoms with Gasteiger partial charge in [0.15, 0.2) is 0 Å². The van der Waals surface area contributed by atoms with Crippen molar-refractivity contribution in [2.45, 2.75) is 70.8 Å². The summed E-state index contributed by atoms with van der Waals surface area (Å²) < 4.78 is 0. The third kappa shape index (κ3) is 7.72. The second-order valence-corrected chi connectivity index (χ2v) is 7.74. The van der Waals surface area contributed by atoms with Gasteiger partial charge < -0.3 is 11.1 Å². The van der Waals surface area contributed by atoms with E-state index in [0.717, 1.165) is 44.1 Å². The Labute approximate surface area is 175 Å². The SMILES string of the molecule is CCC(CC(CC)c1ccccc1)NC(=O)CCCCc1ccc(C(=N)N)cc1. The summed E-state index contributed by atoms with van der Waals surface area (Å²) in [5.41, 5.74) is 8.81. The molecule has 0 radical (unpaired) electrons. The number of carbonyl (C=O) groups excluding carboxylic acids is 1. The lowest BCUT2D eigenvalue weighted by Crippen LogP contribution is -2.35. The largest absolute Gasteiger partial charge is 0.384 e. The van der Waals surface area contributed by atoms with Crippen molar-refractivity contribution < 1.29 is 4.79 Å². The summed E-state index contributed by atoms with van der Waals surface area (Å²) in [6.07, 6.45) is 6.40. The van der Waals surface area contributed by atoms with Gasteiger partial charge in [-0.2, -0.15) is 0 Å². The first-order chi connectivity index (χ1) is 14.0. The number of hydrogen-bond acceptors (Lipinski definition) is 2. The number of nitrogens with two attached hydrogens (primary N) is 1. The second-order valence-electron chi connectivity index (χ2n) is 7.74. The summed E-state index contributed by atoms with van der Waals surface area (Å²) in [6.45, 7) is 4.36. The highest BCUT2D eigenvalue weighted by Gasteiger charge is 2.17. The molecule has 2 rings (SSSR count). The van der Waals surface area contributed by atoms with Gasteiger partial charge in [-0.25, -0.2) is 0 Å². The van der Waals surface area contributed by atoms with Gasteiger partial charge in [-0.15, -0.1) is 0 Å². The summed E-state index contributed by atoms with van der Waals surface area (Å²) in [6, 6.07) is 18.6. The Kier molecular flexibility index (Phi) is 9.42. The maximum atomic E-state index is 12.4. The van der Waals surface area contributed by atoms with Crippen LogP contribution in [-0.4, -0.2) is 17.8 Å². The Hall–Kier alpha value is -2.62. The van der Waals surface area contributed by atoms with E-state index in [9.17, 15) is 4.79 Å². The zero-order valence-corrected chi connectivity index (χ0v) is 17.8. The van der Waals surface area contributed by atoms with Gasteiger partial charge in [0.2, 0.25) is 5.91 Å². The summed E-state index contributed by atoms with van der Waals surface area (Å²) in [5, 5.41) is 10.7. The Bertz CT molecular complexity index is 755. The van der Waals surface area contributed by atoms with Crippen molar-refractivity contribution in [1.82, 2.24) is 5.32 Å². The minimum absolute atomic E-state index is 0.0938. The molecule has 2 aromatic carbocycles. The van der Waals surface area contributed by atoms with Crippen LogP contribution in [0, 0.1) is 5.41 Å². The van der Waals surface area contributed by atoms with Crippen molar-refractivity contribution in [2.75, 3.05) is 0 Å². The van der Waals surface area contributed by atoms with Gasteiger partial charge in [0.1, 0.15) is 5.84 Å². The lowest BCUT2D eigenvalue weighted by Gasteiger charge is -2.23. The molecule has 2 atom stereocenters. The molecule has 0 saturated heterocycles. The van der Waals surface area contributed by atoms with E-state index in [-0.39, 0.29) is 17.8 Å². The minimum Gasteiger partial charge on any atom is -0.384 e. The molecule has 0 aliphatic rings. The normalized spacial score (nSPS) is 12.9. The molecule has 0 heterocycles. The molecule has 0 aliphatic carbocycles. The molecule has 4 N–H and O–H groups in total. The minimum atomic E-state index is 0.0938. The zero-order valence-electron chi connectivity index (χ0n) is 17.8. The monoisotopic (exact) mass is 393 g/mol. The molecule has 2 unspecified atom stereocenters. The Morgan fingerprint density at radius 1 is 1.00 bits per heavy atom. The van der Waals surface area contributed by atoms with E-state index in [0.29, 0.717) is 12.3 Å². The number of aryl methyl sites for hydroxylation is 1. The number of nitrogen functional groups attached to an aromatic ring is 1.